The van der Waals surface area contributed by atoms with Gasteiger partial charge in [-0.2, -0.15) is 5.10 Å². The molecule has 0 radical (unpaired) electrons. The molecule has 2 aromatic heterocycles. The van der Waals surface area contributed by atoms with Crippen LogP contribution in [0.1, 0.15) is 32.9 Å². The summed E-state index contributed by atoms with van der Waals surface area (Å²) >= 11 is 0. The van der Waals surface area contributed by atoms with E-state index < -0.39 is 0 Å². The molecular weight excluding hydrogens is 347 g/mol. The van der Waals surface area contributed by atoms with Crippen LogP contribution in [-0.2, 0) is 30.9 Å². The Morgan fingerprint density at radius 1 is 1.22 bits per heavy atom. The summed E-state index contributed by atoms with van der Waals surface area (Å²) in [6.45, 7) is 1.83. The maximum absolute atomic E-state index is 13.1. The van der Waals surface area contributed by atoms with Crippen molar-refractivity contribution < 1.29 is 13.9 Å². The molecule has 1 N–H and O–H groups in total. The average molecular weight is 366 g/mol. The molecule has 0 saturated carbocycles. The van der Waals surface area contributed by atoms with Crippen molar-refractivity contribution in [2.24, 2.45) is 0 Å². The third-order valence-electron chi connectivity index (χ3n) is 4.53. The molecule has 6 nitrogen and oxygen atoms in total. The SMILES string of the molecule is O=C(NCc1cccnc1)c1nn(Cc2ccc(F)cc2)c2c1COCC2. The van der Waals surface area contributed by atoms with Crippen molar-refractivity contribution in [1.29, 1.82) is 0 Å². The molecule has 3 heterocycles. The van der Waals surface area contributed by atoms with E-state index in [4.69, 9.17) is 4.74 Å². The van der Waals surface area contributed by atoms with Crippen molar-refractivity contribution >= 4 is 5.91 Å². The van der Waals surface area contributed by atoms with Gasteiger partial charge in [0.05, 0.1) is 19.8 Å². The molecule has 27 heavy (non-hydrogen) atoms. The summed E-state index contributed by atoms with van der Waals surface area (Å²) in [5.41, 5.74) is 4.05. The number of hydrogen-bond acceptors (Lipinski definition) is 4. The first kappa shape index (κ1) is 17.4. The van der Waals surface area contributed by atoms with Gasteiger partial charge in [-0.1, -0.05) is 18.2 Å². The predicted molar refractivity (Wildman–Crippen MR) is 96.5 cm³/mol. The molecule has 0 aliphatic carbocycles. The fourth-order valence-corrected chi connectivity index (χ4v) is 3.15. The van der Waals surface area contributed by atoms with Gasteiger partial charge < -0.3 is 10.1 Å². The molecule has 1 aliphatic rings. The molecule has 1 aliphatic heterocycles. The van der Waals surface area contributed by atoms with Gasteiger partial charge in [-0.3, -0.25) is 14.5 Å². The van der Waals surface area contributed by atoms with Crippen LogP contribution >= 0.6 is 0 Å². The smallest absolute Gasteiger partial charge is 0.272 e. The van der Waals surface area contributed by atoms with Gasteiger partial charge in [0, 0.05) is 36.6 Å². The molecule has 0 saturated heterocycles. The molecule has 7 heteroatoms. The number of carbonyl (C=O) groups excluding carboxylic acids is 1. The molecule has 0 bridgehead atoms. The second-order valence-corrected chi connectivity index (χ2v) is 6.40. The van der Waals surface area contributed by atoms with E-state index in [0.717, 1.165) is 22.4 Å². The molecule has 0 fully saturated rings. The van der Waals surface area contributed by atoms with Gasteiger partial charge >= 0.3 is 0 Å². The van der Waals surface area contributed by atoms with E-state index in [2.05, 4.69) is 15.4 Å². The Labute approximate surface area is 156 Å². The van der Waals surface area contributed by atoms with Gasteiger partial charge in [0.1, 0.15) is 5.82 Å². The van der Waals surface area contributed by atoms with Crippen molar-refractivity contribution in [2.75, 3.05) is 6.61 Å². The van der Waals surface area contributed by atoms with Gasteiger partial charge in [-0.05, 0) is 29.3 Å². The number of carbonyl (C=O) groups is 1. The lowest BCUT2D eigenvalue weighted by Crippen LogP contribution is -2.25. The summed E-state index contributed by atoms with van der Waals surface area (Å²) in [5, 5.41) is 7.43. The van der Waals surface area contributed by atoms with Crippen molar-refractivity contribution in [3.63, 3.8) is 0 Å². The van der Waals surface area contributed by atoms with E-state index in [0.29, 0.717) is 38.4 Å². The minimum atomic E-state index is -0.273. The van der Waals surface area contributed by atoms with Crippen LogP contribution in [-0.4, -0.2) is 27.3 Å². The Morgan fingerprint density at radius 3 is 2.85 bits per heavy atom. The number of fused-ring (bicyclic) bond motifs is 1. The minimum Gasteiger partial charge on any atom is -0.376 e. The number of rotatable bonds is 5. The van der Waals surface area contributed by atoms with Crippen LogP contribution < -0.4 is 5.32 Å². The van der Waals surface area contributed by atoms with Crippen molar-refractivity contribution in [2.45, 2.75) is 26.1 Å². The molecule has 0 spiro atoms. The highest BCUT2D eigenvalue weighted by Crippen LogP contribution is 2.22. The van der Waals surface area contributed by atoms with Gasteiger partial charge in [0.15, 0.2) is 5.69 Å². The second kappa shape index (κ2) is 7.67. The Morgan fingerprint density at radius 2 is 2.07 bits per heavy atom. The minimum absolute atomic E-state index is 0.238. The first-order valence-electron chi connectivity index (χ1n) is 8.78. The predicted octanol–water partition coefficient (Wildman–Crippen LogP) is 2.47. The topological polar surface area (TPSA) is 69.0 Å². The number of hydrogen-bond donors (Lipinski definition) is 1. The zero-order chi connectivity index (χ0) is 18.6. The maximum Gasteiger partial charge on any atom is 0.272 e. The average Bonchev–Trinajstić information content (AvgIpc) is 3.07. The lowest BCUT2D eigenvalue weighted by Gasteiger charge is -2.15. The van der Waals surface area contributed by atoms with Crippen LogP contribution in [0.5, 0.6) is 0 Å². The zero-order valence-corrected chi connectivity index (χ0v) is 14.7. The van der Waals surface area contributed by atoms with E-state index >= 15 is 0 Å². The molecule has 0 unspecified atom stereocenters. The lowest BCUT2D eigenvalue weighted by molar-refractivity contribution is 0.0922. The third-order valence-corrected chi connectivity index (χ3v) is 4.53. The van der Waals surface area contributed by atoms with Crippen molar-refractivity contribution in [3.05, 3.63) is 82.7 Å². The molecule has 0 atom stereocenters. The largest absolute Gasteiger partial charge is 0.376 e. The highest BCUT2D eigenvalue weighted by molar-refractivity contribution is 5.94. The summed E-state index contributed by atoms with van der Waals surface area (Å²) in [7, 11) is 0. The highest BCUT2D eigenvalue weighted by Gasteiger charge is 2.25. The van der Waals surface area contributed by atoms with Crippen LogP contribution in [0, 0.1) is 5.82 Å². The van der Waals surface area contributed by atoms with E-state index in [1.807, 2.05) is 16.8 Å². The Kier molecular flexibility index (Phi) is 4.93. The fraction of sp³-hybridized carbons (Fsp3) is 0.250. The quantitative estimate of drug-likeness (QED) is 0.753. The number of aromatic nitrogens is 3. The normalized spacial score (nSPS) is 13.2. The summed E-state index contributed by atoms with van der Waals surface area (Å²) in [6.07, 6.45) is 4.10. The Balaban J connectivity index is 1.56. The lowest BCUT2D eigenvalue weighted by atomic mass is 10.1. The number of nitrogens with one attached hydrogen (secondary N) is 1. The van der Waals surface area contributed by atoms with Crippen molar-refractivity contribution in [3.8, 4) is 0 Å². The van der Waals surface area contributed by atoms with Crippen LogP contribution in [0.15, 0.2) is 48.8 Å². The van der Waals surface area contributed by atoms with E-state index in [-0.39, 0.29) is 11.7 Å². The molecule has 3 aromatic rings. The number of nitrogens with zero attached hydrogens (tertiary/aromatic N) is 3. The fourth-order valence-electron chi connectivity index (χ4n) is 3.15. The van der Waals surface area contributed by atoms with Crippen molar-refractivity contribution in [1.82, 2.24) is 20.1 Å². The summed E-state index contributed by atoms with van der Waals surface area (Å²) in [6, 6.07) is 10.0. The van der Waals surface area contributed by atoms with Crippen LogP contribution in [0.4, 0.5) is 4.39 Å². The maximum atomic E-state index is 13.1. The van der Waals surface area contributed by atoms with Gasteiger partial charge in [0.25, 0.3) is 5.91 Å². The molecular formula is C20H19FN4O2. The number of halogens is 1. The monoisotopic (exact) mass is 366 g/mol. The number of pyridine rings is 1. The highest BCUT2D eigenvalue weighted by atomic mass is 19.1. The van der Waals surface area contributed by atoms with Gasteiger partial charge in [0.2, 0.25) is 0 Å². The number of amides is 1. The number of ether oxygens (including phenoxy) is 1. The first-order chi connectivity index (χ1) is 13.2. The van der Waals surface area contributed by atoms with E-state index in [1.165, 1.54) is 12.1 Å². The molecule has 1 amide bonds. The van der Waals surface area contributed by atoms with Crippen LogP contribution in [0.25, 0.3) is 0 Å². The van der Waals surface area contributed by atoms with E-state index in [1.54, 1.807) is 24.5 Å². The van der Waals surface area contributed by atoms with Gasteiger partial charge in [-0.25, -0.2) is 4.39 Å². The third kappa shape index (κ3) is 3.88. The summed E-state index contributed by atoms with van der Waals surface area (Å²) in [5.74, 6) is -0.511. The van der Waals surface area contributed by atoms with Gasteiger partial charge in [-0.15, -0.1) is 0 Å². The van der Waals surface area contributed by atoms with E-state index in [9.17, 15) is 9.18 Å². The standard InChI is InChI=1S/C20H19FN4O2/c21-16-5-3-14(4-6-16)12-25-18-7-9-27-13-17(18)19(24-25)20(26)23-11-15-2-1-8-22-10-15/h1-6,8,10H,7,9,11-13H2,(H,23,26). The Bertz CT molecular complexity index is 939. The summed E-state index contributed by atoms with van der Waals surface area (Å²) < 4.78 is 20.5. The van der Waals surface area contributed by atoms with Crippen LogP contribution in [0.2, 0.25) is 0 Å². The Hall–Kier alpha value is -3.06. The first-order valence-corrected chi connectivity index (χ1v) is 8.78. The molecule has 1 aromatic carbocycles. The zero-order valence-electron chi connectivity index (χ0n) is 14.7. The second-order valence-electron chi connectivity index (χ2n) is 6.40. The number of benzene rings is 1. The summed E-state index contributed by atoms with van der Waals surface area (Å²) in [4.78, 5) is 16.7. The molecule has 138 valence electrons. The van der Waals surface area contributed by atoms with Crippen LogP contribution in [0.3, 0.4) is 0 Å². The molecule has 4 rings (SSSR count).